The van der Waals surface area contributed by atoms with Gasteiger partial charge in [-0.15, -0.1) is 17.9 Å². The van der Waals surface area contributed by atoms with E-state index in [0.29, 0.717) is 23.1 Å². The van der Waals surface area contributed by atoms with Gasteiger partial charge in [0.25, 0.3) is 5.91 Å². The fourth-order valence-corrected chi connectivity index (χ4v) is 3.74. The van der Waals surface area contributed by atoms with Crippen molar-refractivity contribution in [1.29, 1.82) is 0 Å². The van der Waals surface area contributed by atoms with Crippen molar-refractivity contribution in [2.45, 2.75) is 26.7 Å². The van der Waals surface area contributed by atoms with Crippen molar-refractivity contribution in [3.63, 3.8) is 0 Å². The van der Waals surface area contributed by atoms with Gasteiger partial charge in [-0.2, -0.15) is 0 Å². The quantitative estimate of drug-likeness (QED) is 0.729. The Morgan fingerprint density at radius 2 is 2.22 bits per heavy atom. The Labute approximate surface area is 162 Å². The number of aromatic nitrogens is 1. The zero-order valence-corrected chi connectivity index (χ0v) is 16.3. The number of hydrogen-bond acceptors (Lipinski definition) is 5. The fourth-order valence-electron chi connectivity index (χ4n) is 3.02. The van der Waals surface area contributed by atoms with E-state index in [1.54, 1.807) is 11.0 Å². The number of ether oxygens (including phenoxy) is 1. The summed E-state index contributed by atoms with van der Waals surface area (Å²) in [6, 6.07) is 5.63. The molecular formula is C20H23N3O3S. The summed E-state index contributed by atoms with van der Waals surface area (Å²) in [6.07, 6.45) is 3.30. The lowest BCUT2D eigenvalue weighted by atomic mass is 10.0. The normalized spacial score (nSPS) is 13.3. The van der Waals surface area contributed by atoms with Gasteiger partial charge in [-0.05, 0) is 31.0 Å². The number of thiazole rings is 1. The van der Waals surface area contributed by atoms with E-state index in [-0.39, 0.29) is 24.3 Å². The average Bonchev–Trinajstić information content (AvgIpc) is 3.13. The summed E-state index contributed by atoms with van der Waals surface area (Å²) < 4.78 is 5.51. The van der Waals surface area contributed by atoms with Crippen molar-refractivity contribution in [1.82, 2.24) is 4.98 Å². The van der Waals surface area contributed by atoms with E-state index in [4.69, 9.17) is 4.74 Å². The van der Waals surface area contributed by atoms with E-state index in [1.807, 2.05) is 37.4 Å². The fraction of sp³-hybridized carbons (Fsp3) is 0.350. The topological polar surface area (TPSA) is 71.5 Å². The van der Waals surface area contributed by atoms with E-state index in [2.05, 4.69) is 16.9 Å². The van der Waals surface area contributed by atoms with Crippen LogP contribution in [0, 0.1) is 5.92 Å². The molecule has 0 aliphatic carbocycles. The number of anilines is 2. The molecule has 0 fully saturated rings. The van der Waals surface area contributed by atoms with Gasteiger partial charge >= 0.3 is 0 Å². The van der Waals surface area contributed by atoms with E-state index in [9.17, 15) is 9.59 Å². The first-order chi connectivity index (χ1) is 13.1. The molecule has 0 spiro atoms. The number of carbonyl (C=O) groups is 2. The molecule has 0 unspecified atom stereocenters. The van der Waals surface area contributed by atoms with E-state index in [0.717, 1.165) is 24.1 Å². The van der Waals surface area contributed by atoms with Gasteiger partial charge in [-0.25, -0.2) is 4.98 Å². The van der Waals surface area contributed by atoms with Gasteiger partial charge in [0.2, 0.25) is 5.91 Å². The SMILES string of the molecule is C=CCN1C(=O)COc2ccc(-c3csc(NC(=O)C(CC)CC)n3)cc21. The van der Waals surface area contributed by atoms with Crippen LogP contribution < -0.4 is 15.0 Å². The van der Waals surface area contributed by atoms with E-state index in [1.165, 1.54) is 11.3 Å². The van der Waals surface area contributed by atoms with Crippen molar-refractivity contribution in [3.05, 3.63) is 36.2 Å². The Balaban J connectivity index is 1.84. The van der Waals surface area contributed by atoms with Crippen LogP contribution >= 0.6 is 11.3 Å². The first-order valence-electron chi connectivity index (χ1n) is 9.02. The number of benzene rings is 1. The summed E-state index contributed by atoms with van der Waals surface area (Å²) in [5.74, 6) is 0.563. The molecule has 0 saturated heterocycles. The molecule has 0 atom stereocenters. The third-order valence-corrected chi connectivity index (χ3v) is 5.36. The molecule has 3 rings (SSSR count). The van der Waals surface area contributed by atoms with Gasteiger partial charge in [0.15, 0.2) is 11.7 Å². The molecule has 0 radical (unpaired) electrons. The number of nitrogens with one attached hydrogen (secondary N) is 1. The maximum absolute atomic E-state index is 12.2. The molecule has 7 heteroatoms. The van der Waals surface area contributed by atoms with Gasteiger partial charge in [0.1, 0.15) is 5.75 Å². The van der Waals surface area contributed by atoms with Gasteiger partial charge < -0.3 is 15.0 Å². The van der Waals surface area contributed by atoms with Crippen LogP contribution in [0.3, 0.4) is 0 Å². The number of nitrogens with zero attached hydrogens (tertiary/aromatic N) is 2. The minimum absolute atomic E-state index is 0.00231. The summed E-state index contributed by atoms with van der Waals surface area (Å²) in [7, 11) is 0. The van der Waals surface area contributed by atoms with Crippen molar-refractivity contribution >= 4 is 34.0 Å². The summed E-state index contributed by atoms with van der Waals surface area (Å²) in [5, 5.41) is 5.37. The highest BCUT2D eigenvalue weighted by Crippen LogP contribution is 2.36. The maximum Gasteiger partial charge on any atom is 0.265 e. The molecule has 2 heterocycles. The molecule has 0 bridgehead atoms. The number of rotatable bonds is 7. The Morgan fingerprint density at radius 1 is 1.44 bits per heavy atom. The van der Waals surface area contributed by atoms with E-state index < -0.39 is 0 Å². The summed E-state index contributed by atoms with van der Waals surface area (Å²) in [4.78, 5) is 30.6. The van der Waals surface area contributed by atoms with E-state index >= 15 is 0 Å². The molecule has 27 heavy (non-hydrogen) atoms. The Kier molecular flexibility index (Phi) is 5.91. The van der Waals surface area contributed by atoms with Crippen LogP contribution in [0.4, 0.5) is 10.8 Å². The zero-order valence-electron chi connectivity index (χ0n) is 15.5. The van der Waals surface area contributed by atoms with Crippen LogP contribution in [0.2, 0.25) is 0 Å². The second kappa shape index (κ2) is 8.35. The monoisotopic (exact) mass is 385 g/mol. The predicted octanol–water partition coefficient (Wildman–Crippen LogP) is 4.10. The van der Waals surface area contributed by atoms with Crippen molar-refractivity contribution < 1.29 is 14.3 Å². The minimum atomic E-state index is -0.101. The smallest absolute Gasteiger partial charge is 0.265 e. The minimum Gasteiger partial charge on any atom is -0.482 e. The van der Waals surface area contributed by atoms with Gasteiger partial charge in [-0.1, -0.05) is 19.9 Å². The third kappa shape index (κ3) is 4.03. The molecular weight excluding hydrogens is 362 g/mol. The van der Waals surface area contributed by atoms with Crippen LogP contribution in [-0.4, -0.2) is 29.9 Å². The third-order valence-electron chi connectivity index (χ3n) is 4.60. The molecule has 6 nitrogen and oxygen atoms in total. The highest BCUT2D eigenvalue weighted by Gasteiger charge is 2.25. The van der Waals surface area contributed by atoms with Crippen LogP contribution in [0.1, 0.15) is 26.7 Å². The number of hydrogen-bond donors (Lipinski definition) is 1. The van der Waals surface area contributed by atoms with Crippen LogP contribution in [-0.2, 0) is 9.59 Å². The highest BCUT2D eigenvalue weighted by molar-refractivity contribution is 7.14. The molecule has 1 N–H and O–H groups in total. The Bertz CT molecular complexity index is 858. The molecule has 0 saturated carbocycles. The number of fused-ring (bicyclic) bond motifs is 1. The second-order valence-electron chi connectivity index (χ2n) is 6.30. The van der Waals surface area contributed by atoms with Crippen molar-refractivity contribution in [2.75, 3.05) is 23.4 Å². The molecule has 1 aliphatic rings. The standard InChI is InChI=1S/C20H23N3O3S/c1-4-9-23-16-10-14(7-8-17(16)26-11-18(23)24)15-12-27-20(21-15)22-19(25)13(5-2)6-3/h4,7-8,10,12-13H,1,5-6,9,11H2,2-3H3,(H,21,22,25). The molecule has 142 valence electrons. The largest absolute Gasteiger partial charge is 0.482 e. The molecule has 1 aromatic carbocycles. The molecule has 1 aliphatic heterocycles. The van der Waals surface area contributed by atoms with Crippen molar-refractivity contribution in [2.24, 2.45) is 5.92 Å². The maximum atomic E-state index is 12.2. The Morgan fingerprint density at radius 3 is 2.93 bits per heavy atom. The Hall–Kier alpha value is -2.67. The zero-order chi connectivity index (χ0) is 19.4. The number of amides is 2. The first-order valence-corrected chi connectivity index (χ1v) is 9.90. The lowest BCUT2D eigenvalue weighted by Crippen LogP contribution is -2.38. The first kappa shape index (κ1) is 19.1. The molecule has 1 aromatic heterocycles. The van der Waals surface area contributed by atoms with Gasteiger partial charge in [-0.3, -0.25) is 9.59 Å². The molecule has 2 aromatic rings. The highest BCUT2D eigenvalue weighted by atomic mass is 32.1. The average molecular weight is 385 g/mol. The van der Waals surface area contributed by atoms with Crippen LogP contribution in [0.5, 0.6) is 5.75 Å². The number of carbonyl (C=O) groups excluding carboxylic acids is 2. The van der Waals surface area contributed by atoms with Gasteiger partial charge in [0.05, 0.1) is 11.4 Å². The summed E-state index contributed by atoms with van der Waals surface area (Å²) in [5.41, 5.74) is 2.32. The lowest BCUT2D eigenvalue weighted by molar-refractivity contribution is -0.121. The lowest BCUT2D eigenvalue weighted by Gasteiger charge is -2.28. The van der Waals surface area contributed by atoms with Crippen molar-refractivity contribution in [3.8, 4) is 17.0 Å². The van der Waals surface area contributed by atoms with Crippen LogP contribution in [0.25, 0.3) is 11.3 Å². The second-order valence-corrected chi connectivity index (χ2v) is 7.16. The summed E-state index contributed by atoms with van der Waals surface area (Å²) in [6.45, 7) is 8.18. The molecule has 2 amide bonds. The van der Waals surface area contributed by atoms with Crippen LogP contribution in [0.15, 0.2) is 36.2 Å². The van der Waals surface area contributed by atoms with Gasteiger partial charge in [0, 0.05) is 23.4 Å². The predicted molar refractivity (Wildman–Crippen MR) is 108 cm³/mol. The summed E-state index contributed by atoms with van der Waals surface area (Å²) >= 11 is 1.39.